The molecule has 0 radical (unpaired) electrons. The first kappa shape index (κ1) is 18.2. The number of nitrogens with zero attached hydrogens (tertiary/aromatic N) is 1. The first-order valence-electron chi connectivity index (χ1n) is 8.39. The van der Waals surface area contributed by atoms with Crippen LogP contribution in [-0.4, -0.2) is 23.9 Å². The van der Waals surface area contributed by atoms with Crippen LogP contribution >= 0.6 is 0 Å². The molecule has 2 aromatic carbocycles. The molecule has 0 saturated carbocycles. The van der Waals surface area contributed by atoms with E-state index < -0.39 is 12.0 Å². The van der Waals surface area contributed by atoms with E-state index >= 15 is 0 Å². The average molecular weight is 364 g/mol. The van der Waals surface area contributed by atoms with Crippen molar-refractivity contribution in [1.82, 2.24) is 5.32 Å². The molecule has 2 aromatic rings. The van der Waals surface area contributed by atoms with Gasteiger partial charge in [0, 0.05) is 17.9 Å². The van der Waals surface area contributed by atoms with Gasteiger partial charge in [0.05, 0.1) is 5.69 Å². The third-order valence-corrected chi connectivity index (χ3v) is 4.25. The van der Waals surface area contributed by atoms with Crippen molar-refractivity contribution in [2.24, 2.45) is 16.5 Å². The number of cyclic esters (lactones) is 1. The minimum Gasteiger partial charge on any atom is -0.430 e. The highest BCUT2D eigenvalue weighted by molar-refractivity contribution is 5.97. The van der Waals surface area contributed by atoms with Crippen LogP contribution < -0.4 is 16.8 Å². The Kier molecular flexibility index (Phi) is 5.21. The second-order valence-electron chi connectivity index (χ2n) is 6.22. The molecule has 0 spiro atoms. The Morgan fingerprint density at radius 3 is 2.41 bits per heavy atom. The molecular formula is C20H20N4O3. The highest BCUT2D eigenvalue weighted by Crippen LogP contribution is 2.33. The molecule has 27 heavy (non-hydrogen) atoms. The molecule has 5 N–H and O–H groups in total. The number of rotatable bonds is 4. The van der Waals surface area contributed by atoms with E-state index in [0.717, 1.165) is 5.56 Å². The molecule has 1 heterocycles. The summed E-state index contributed by atoms with van der Waals surface area (Å²) in [5.74, 6) is -0.852. The summed E-state index contributed by atoms with van der Waals surface area (Å²) < 4.78 is 5.16. The van der Waals surface area contributed by atoms with Crippen molar-refractivity contribution in [1.29, 1.82) is 0 Å². The fraction of sp³-hybridized carbons (Fsp3) is 0.150. The van der Waals surface area contributed by atoms with Gasteiger partial charge in [0.15, 0.2) is 5.96 Å². The third-order valence-electron chi connectivity index (χ3n) is 4.25. The van der Waals surface area contributed by atoms with Crippen LogP contribution in [-0.2, 0) is 9.53 Å². The SMILES string of the molecule is C=C1C[C@@H](c2ccc(N=C(N)N)cc2)[C@H](NC(=O)c2ccccc2)C(=O)O1. The van der Waals surface area contributed by atoms with Crippen molar-refractivity contribution < 1.29 is 14.3 Å². The van der Waals surface area contributed by atoms with Crippen LogP contribution in [0.15, 0.2) is 71.9 Å². The minimum atomic E-state index is -0.822. The maximum Gasteiger partial charge on any atom is 0.334 e. The molecule has 2 atom stereocenters. The number of nitrogens with one attached hydrogen (secondary N) is 1. The molecule has 1 aliphatic rings. The number of guanidine groups is 1. The van der Waals surface area contributed by atoms with Gasteiger partial charge in [-0.3, -0.25) is 4.79 Å². The first-order valence-corrected chi connectivity index (χ1v) is 8.39. The molecule has 7 nitrogen and oxygen atoms in total. The summed E-state index contributed by atoms with van der Waals surface area (Å²) in [7, 11) is 0. The molecule has 0 aliphatic carbocycles. The topological polar surface area (TPSA) is 120 Å². The molecule has 1 aliphatic heterocycles. The number of amides is 1. The van der Waals surface area contributed by atoms with Gasteiger partial charge in [0.1, 0.15) is 11.8 Å². The lowest BCUT2D eigenvalue weighted by molar-refractivity contribution is -0.145. The van der Waals surface area contributed by atoms with Gasteiger partial charge in [0.25, 0.3) is 5.91 Å². The van der Waals surface area contributed by atoms with Crippen molar-refractivity contribution in [3.63, 3.8) is 0 Å². The fourth-order valence-corrected chi connectivity index (χ4v) is 3.00. The Bertz CT molecular complexity index is 887. The summed E-state index contributed by atoms with van der Waals surface area (Å²) >= 11 is 0. The molecule has 1 amide bonds. The lowest BCUT2D eigenvalue weighted by atomic mass is 9.86. The van der Waals surface area contributed by atoms with E-state index in [1.807, 2.05) is 18.2 Å². The minimum absolute atomic E-state index is 0.0367. The van der Waals surface area contributed by atoms with Crippen molar-refractivity contribution in [3.05, 3.63) is 78.1 Å². The Balaban J connectivity index is 1.86. The van der Waals surface area contributed by atoms with Crippen molar-refractivity contribution in [2.75, 3.05) is 0 Å². The largest absolute Gasteiger partial charge is 0.430 e. The molecular weight excluding hydrogens is 344 g/mol. The molecule has 0 unspecified atom stereocenters. The third kappa shape index (κ3) is 4.33. The number of hydrogen-bond donors (Lipinski definition) is 3. The van der Waals surface area contributed by atoms with Crippen LogP contribution in [0.25, 0.3) is 0 Å². The normalized spacial score (nSPS) is 19.1. The second kappa shape index (κ2) is 7.74. The number of benzene rings is 2. The summed E-state index contributed by atoms with van der Waals surface area (Å²) in [5, 5.41) is 2.78. The van der Waals surface area contributed by atoms with Gasteiger partial charge in [-0.2, -0.15) is 0 Å². The van der Waals surface area contributed by atoms with Crippen LogP contribution in [0.2, 0.25) is 0 Å². The molecule has 138 valence electrons. The zero-order valence-electron chi connectivity index (χ0n) is 14.6. The van der Waals surface area contributed by atoms with Gasteiger partial charge in [-0.05, 0) is 29.8 Å². The second-order valence-corrected chi connectivity index (χ2v) is 6.22. The molecule has 7 heteroatoms. The van der Waals surface area contributed by atoms with Crippen LogP contribution in [0.4, 0.5) is 5.69 Å². The molecule has 0 bridgehead atoms. The average Bonchev–Trinajstić information content (AvgIpc) is 2.64. The van der Waals surface area contributed by atoms with Gasteiger partial charge in [-0.25, -0.2) is 9.79 Å². The predicted octanol–water partition coefficient (Wildman–Crippen LogP) is 1.93. The van der Waals surface area contributed by atoms with E-state index in [9.17, 15) is 9.59 Å². The smallest absolute Gasteiger partial charge is 0.334 e. The lowest BCUT2D eigenvalue weighted by Gasteiger charge is -2.32. The summed E-state index contributed by atoms with van der Waals surface area (Å²) in [6.07, 6.45) is 0.410. The van der Waals surface area contributed by atoms with Gasteiger partial charge in [0.2, 0.25) is 0 Å². The Labute approximate surface area is 156 Å². The number of carbonyl (C=O) groups excluding carboxylic acids is 2. The van der Waals surface area contributed by atoms with Gasteiger partial charge in [-0.1, -0.05) is 36.9 Å². The summed E-state index contributed by atoms with van der Waals surface area (Å²) in [5.41, 5.74) is 12.7. The number of hydrogen-bond acceptors (Lipinski definition) is 4. The molecule has 3 rings (SSSR count). The van der Waals surface area contributed by atoms with Gasteiger partial charge >= 0.3 is 5.97 Å². The number of allylic oxidation sites excluding steroid dienone is 1. The monoisotopic (exact) mass is 364 g/mol. The molecule has 0 aromatic heterocycles. The molecule has 1 saturated heterocycles. The van der Waals surface area contributed by atoms with E-state index in [1.54, 1.807) is 36.4 Å². The van der Waals surface area contributed by atoms with Crippen LogP contribution in [0.1, 0.15) is 28.3 Å². The highest BCUT2D eigenvalue weighted by Gasteiger charge is 2.37. The van der Waals surface area contributed by atoms with E-state index in [1.165, 1.54) is 0 Å². The Morgan fingerprint density at radius 2 is 1.78 bits per heavy atom. The number of esters is 1. The number of aliphatic imine (C=N–C) groups is 1. The van der Waals surface area contributed by atoms with Crippen molar-refractivity contribution in [2.45, 2.75) is 18.4 Å². The van der Waals surface area contributed by atoms with E-state index in [0.29, 0.717) is 23.4 Å². The summed E-state index contributed by atoms with van der Waals surface area (Å²) in [6, 6.07) is 15.0. The summed E-state index contributed by atoms with van der Waals surface area (Å²) in [6.45, 7) is 3.76. The quantitative estimate of drug-likeness (QED) is 0.435. The van der Waals surface area contributed by atoms with E-state index in [-0.39, 0.29) is 17.8 Å². The first-order chi connectivity index (χ1) is 12.9. The van der Waals surface area contributed by atoms with E-state index in [4.69, 9.17) is 16.2 Å². The van der Waals surface area contributed by atoms with Crippen molar-refractivity contribution >= 4 is 23.5 Å². The fourth-order valence-electron chi connectivity index (χ4n) is 3.00. The predicted molar refractivity (Wildman–Crippen MR) is 102 cm³/mol. The molecule has 1 fully saturated rings. The maximum absolute atomic E-state index is 12.5. The highest BCUT2D eigenvalue weighted by atomic mass is 16.5. The van der Waals surface area contributed by atoms with E-state index in [2.05, 4.69) is 16.9 Å². The lowest BCUT2D eigenvalue weighted by Crippen LogP contribution is -2.48. The van der Waals surface area contributed by atoms with Gasteiger partial charge < -0.3 is 21.5 Å². The number of carbonyl (C=O) groups is 2. The zero-order chi connectivity index (χ0) is 19.4. The van der Waals surface area contributed by atoms with Crippen LogP contribution in [0, 0.1) is 0 Å². The van der Waals surface area contributed by atoms with Crippen LogP contribution in [0.5, 0.6) is 0 Å². The van der Waals surface area contributed by atoms with Crippen LogP contribution in [0.3, 0.4) is 0 Å². The van der Waals surface area contributed by atoms with Gasteiger partial charge in [-0.15, -0.1) is 0 Å². The maximum atomic E-state index is 12.5. The standard InChI is InChI=1S/C20H20N4O3/c1-12-11-16(13-7-9-15(10-8-13)23-20(21)22)17(19(26)27-12)24-18(25)14-5-3-2-4-6-14/h2-10,16-17H,1,11H2,(H,24,25)(H4,21,22,23)/t16-,17-/m0/s1. The summed E-state index contributed by atoms with van der Waals surface area (Å²) in [4.78, 5) is 28.9. The Morgan fingerprint density at radius 1 is 1.11 bits per heavy atom. The Hall–Kier alpha value is -3.61. The number of ether oxygens (including phenoxy) is 1. The van der Waals surface area contributed by atoms with Crippen molar-refractivity contribution in [3.8, 4) is 0 Å². The number of nitrogens with two attached hydrogens (primary N) is 2. The zero-order valence-corrected chi connectivity index (χ0v) is 14.6.